The molecule has 0 saturated heterocycles. The zero-order chi connectivity index (χ0) is 34.2. The molecule has 2 N–H and O–H groups in total. The van der Waals surface area contributed by atoms with Gasteiger partial charge in [-0.3, -0.25) is 14.4 Å². The normalized spacial score (nSPS) is 12.7. The fourth-order valence-electron chi connectivity index (χ4n) is 6.68. The topological polar surface area (TPSA) is 97.0 Å². The van der Waals surface area contributed by atoms with E-state index in [9.17, 15) is 14.4 Å². The highest BCUT2D eigenvalue weighted by atomic mass is 16.7. The van der Waals surface area contributed by atoms with Crippen molar-refractivity contribution in [2.24, 2.45) is 0 Å². The molecule has 0 heterocycles. The first-order chi connectivity index (χ1) is 23.9. The highest BCUT2D eigenvalue weighted by Crippen LogP contribution is 2.44. The zero-order valence-electron chi connectivity index (χ0n) is 27.5. The molecule has 1 aliphatic rings. The van der Waals surface area contributed by atoms with E-state index in [1.54, 1.807) is 0 Å². The molecule has 0 fully saturated rings. The van der Waals surface area contributed by atoms with E-state index >= 15 is 0 Å². The number of likely N-dealkylation sites (N-methyl/N-ethyl adjacent to an activating group) is 1. The van der Waals surface area contributed by atoms with Crippen LogP contribution in [0.25, 0.3) is 11.1 Å². The number of rotatable bonds is 12. The van der Waals surface area contributed by atoms with Crippen LogP contribution >= 0.6 is 0 Å². The molecule has 1 atom stereocenters. The minimum atomic E-state index is -1.08. The van der Waals surface area contributed by atoms with Crippen LogP contribution in [0, 0.1) is 0 Å². The lowest BCUT2D eigenvalue weighted by Gasteiger charge is -2.37. The number of carbonyl (C=O) groups is 3. The van der Waals surface area contributed by atoms with Crippen molar-refractivity contribution in [1.82, 2.24) is 15.7 Å². The Balaban J connectivity index is 1.20. The number of hydroxylamine groups is 2. The quantitative estimate of drug-likeness (QED) is 0.114. The van der Waals surface area contributed by atoms with Gasteiger partial charge in [0.25, 0.3) is 5.91 Å². The fraction of sp³-hybridized carbons (Fsp3) is 0.195. The minimum absolute atomic E-state index is 0.0109. The summed E-state index contributed by atoms with van der Waals surface area (Å²) >= 11 is 0. The van der Waals surface area contributed by atoms with Gasteiger partial charge in [0.2, 0.25) is 5.91 Å². The Morgan fingerprint density at radius 3 is 1.61 bits per heavy atom. The summed E-state index contributed by atoms with van der Waals surface area (Å²) in [5.41, 5.74) is 6.02. The van der Waals surface area contributed by atoms with Crippen LogP contribution in [-0.4, -0.2) is 49.8 Å². The first kappa shape index (κ1) is 33.2. The maximum Gasteiger partial charge on any atom is 0.407 e. The van der Waals surface area contributed by atoms with Crippen LogP contribution in [0.15, 0.2) is 140 Å². The summed E-state index contributed by atoms with van der Waals surface area (Å²) in [6.45, 7) is 0.0924. The minimum Gasteiger partial charge on any atom is -0.449 e. The summed E-state index contributed by atoms with van der Waals surface area (Å²) in [5, 5.41) is 7.05. The van der Waals surface area contributed by atoms with Crippen LogP contribution in [0.1, 0.15) is 46.6 Å². The number of amides is 3. The molecule has 0 bridgehead atoms. The zero-order valence-corrected chi connectivity index (χ0v) is 27.5. The van der Waals surface area contributed by atoms with Gasteiger partial charge in [-0.05, 0) is 45.4 Å². The Hall–Kier alpha value is -5.73. The third-order valence-electron chi connectivity index (χ3n) is 9.13. The summed E-state index contributed by atoms with van der Waals surface area (Å²) in [6.07, 6.45) is -0.805. The van der Waals surface area contributed by atoms with Crippen molar-refractivity contribution < 1.29 is 24.0 Å². The molecule has 0 unspecified atom stereocenters. The first-order valence-electron chi connectivity index (χ1n) is 16.3. The second kappa shape index (κ2) is 15.0. The maximum absolute atomic E-state index is 14.0. The summed E-state index contributed by atoms with van der Waals surface area (Å²) in [7, 11) is 2.82. The van der Waals surface area contributed by atoms with Crippen molar-refractivity contribution >= 4 is 17.9 Å². The van der Waals surface area contributed by atoms with Crippen molar-refractivity contribution in [2.45, 2.75) is 30.3 Å². The van der Waals surface area contributed by atoms with Gasteiger partial charge in [-0.25, -0.2) is 9.86 Å². The van der Waals surface area contributed by atoms with Crippen molar-refractivity contribution in [2.75, 3.05) is 20.8 Å². The number of carbonyl (C=O) groups excluding carboxylic acids is 3. The number of nitrogens with zero attached hydrogens (tertiary/aromatic N) is 1. The SMILES string of the molecule is CON(C)C(=O)[C@H](CCC(=O)NC(c1ccccc1)(c1ccccc1)c1ccccc1)NC(=O)OCC1c2ccccc2-c2ccccc21. The molecule has 3 amide bonds. The number of fused-ring (bicyclic) bond motifs is 3. The number of hydrogen-bond donors (Lipinski definition) is 2. The van der Waals surface area contributed by atoms with Gasteiger partial charge in [-0.1, -0.05) is 140 Å². The number of hydrogen-bond acceptors (Lipinski definition) is 5. The standard InChI is InChI=1S/C41H39N3O5/c1-44(48-2)39(46)37(42-40(47)49-28-36-34-24-14-12-22-32(34)33-23-13-15-25-35(33)36)26-27-38(45)43-41(29-16-6-3-7-17-29,30-18-8-4-9-19-30)31-20-10-5-11-21-31/h3-25,36-37H,26-28H2,1-2H3,(H,42,47)(H,43,45)/t37-/m0/s1. The van der Waals surface area contributed by atoms with E-state index in [0.29, 0.717) is 0 Å². The first-order valence-corrected chi connectivity index (χ1v) is 16.3. The molecular weight excluding hydrogens is 614 g/mol. The Labute approximate surface area is 286 Å². The Morgan fingerprint density at radius 2 is 1.14 bits per heavy atom. The number of benzene rings is 5. The van der Waals surface area contributed by atoms with E-state index in [4.69, 9.17) is 9.57 Å². The molecular formula is C41H39N3O5. The lowest BCUT2D eigenvalue weighted by atomic mass is 9.77. The van der Waals surface area contributed by atoms with E-state index in [1.165, 1.54) is 14.2 Å². The Bertz CT molecular complexity index is 1760. The third-order valence-corrected chi connectivity index (χ3v) is 9.13. The van der Waals surface area contributed by atoms with E-state index in [1.807, 2.05) is 127 Å². The van der Waals surface area contributed by atoms with Crippen LogP contribution in [0.4, 0.5) is 4.79 Å². The molecule has 8 heteroatoms. The van der Waals surface area contributed by atoms with Crippen LogP contribution in [-0.2, 0) is 24.7 Å². The summed E-state index contributed by atoms with van der Waals surface area (Å²) < 4.78 is 5.73. The number of ether oxygens (including phenoxy) is 1. The molecule has 248 valence electrons. The second-order valence-corrected chi connectivity index (χ2v) is 12.0. The van der Waals surface area contributed by atoms with Gasteiger partial charge in [-0.2, -0.15) is 0 Å². The molecule has 5 aromatic rings. The fourth-order valence-corrected chi connectivity index (χ4v) is 6.68. The Morgan fingerprint density at radius 1 is 0.694 bits per heavy atom. The lowest BCUT2D eigenvalue weighted by molar-refractivity contribution is -0.171. The van der Waals surface area contributed by atoms with Gasteiger partial charge < -0.3 is 15.4 Å². The monoisotopic (exact) mass is 653 g/mol. The van der Waals surface area contributed by atoms with E-state index in [-0.39, 0.29) is 31.3 Å². The predicted molar refractivity (Wildman–Crippen MR) is 188 cm³/mol. The number of alkyl carbamates (subject to hydrolysis) is 1. The van der Waals surface area contributed by atoms with Crippen LogP contribution in [0.5, 0.6) is 0 Å². The van der Waals surface area contributed by atoms with E-state index in [2.05, 4.69) is 22.8 Å². The Kier molecular flexibility index (Phi) is 10.2. The average Bonchev–Trinajstić information content (AvgIpc) is 3.48. The van der Waals surface area contributed by atoms with Crippen LogP contribution in [0.3, 0.4) is 0 Å². The highest BCUT2D eigenvalue weighted by Gasteiger charge is 2.38. The largest absolute Gasteiger partial charge is 0.449 e. The van der Waals surface area contributed by atoms with Gasteiger partial charge in [0.1, 0.15) is 18.2 Å². The third kappa shape index (κ3) is 6.96. The molecule has 49 heavy (non-hydrogen) atoms. The van der Waals surface area contributed by atoms with Crippen LogP contribution in [0.2, 0.25) is 0 Å². The summed E-state index contributed by atoms with van der Waals surface area (Å²) in [6, 6.07) is 44.4. The van der Waals surface area contributed by atoms with Gasteiger partial charge in [-0.15, -0.1) is 0 Å². The van der Waals surface area contributed by atoms with Crippen molar-refractivity contribution in [3.63, 3.8) is 0 Å². The summed E-state index contributed by atoms with van der Waals surface area (Å²) in [4.78, 5) is 45.7. The molecule has 0 radical (unpaired) electrons. The molecule has 5 aromatic carbocycles. The molecule has 6 rings (SSSR count). The molecule has 0 aliphatic heterocycles. The van der Waals surface area contributed by atoms with Gasteiger partial charge >= 0.3 is 6.09 Å². The second-order valence-electron chi connectivity index (χ2n) is 12.0. The molecule has 8 nitrogen and oxygen atoms in total. The van der Waals surface area contributed by atoms with E-state index < -0.39 is 23.6 Å². The van der Waals surface area contributed by atoms with Gasteiger partial charge in [0.05, 0.1) is 7.11 Å². The van der Waals surface area contributed by atoms with Crippen molar-refractivity contribution in [3.05, 3.63) is 167 Å². The summed E-state index contributed by atoms with van der Waals surface area (Å²) in [5.74, 6) is -0.949. The molecule has 0 spiro atoms. The van der Waals surface area contributed by atoms with E-state index in [0.717, 1.165) is 44.0 Å². The predicted octanol–water partition coefficient (Wildman–Crippen LogP) is 6.80. The average molecular weight is 654 g/mol. The lowest BCUT2D eigenvalue weighted by Crippen LogP contribution is -2.50. The van der Waals surface area contributed by atoms with Gasteiger partial charge in [0, 0.05) is 19.4 Å². The smallest absolute Gasteiger partial charge is 0.407 e. The van der Waals surface area contributed by atoms with Crippen molar-refractivity contribution in [1.29, 1.82) is 0 Å². The number of nitrogens with one attached hydrogen (secondary N) is 2. The van der Waals surface area contributed by atoms with Crippen molar-refractivity contribution in [3.8, 4) is 11.1 Å². The van der Waals surface area contributed by atoms with Gasteiger partial charge in [0.15, 0.2) is 0 Å². The molecule has 0 saturated carbocycles. The molecule has 1 aliphatic carbocycles. The van der Waals surface area contributed by atoms with Crippen LogP contribution < -0.4 is 10.6 Å². The highest BCUT2D eigenvalue weighted by molar-refractivity contribution is 5.86. The molecule has 0 aromatic heterocycles. The maximum atomic E-state index is 14.0.